The maximum Gasteiger partial charge on any atom is 0.232 e. The predicted octanol–water partition coefficient (Wildman–Crippen LogP) is 13.1. The van der Waals surface area contributed by atoms with E-state index in [4.69, 9.17) is 9.40 Å². The molecular formula is C53H33N3O. The number of aromatic nitrogens is 3. The lowest BCUT2D eigenvalue weighted by Crippen LogP contribution is -2.28. The van der Waals surface area contributed by atoms with E-state index in [1.54, 1.807) is 0 Å². The van der Waals surface area contributed by atoms with Crippen molar-refractivity contribution in [3.05, 3.63) is 223 Å². The summed E-state index contributed by atoms with van der Waals surface area (Å²) < 4.78 is 8.32. The first-order valence-electron chi connectivity index (χ1n) is 19.4. The van der Waals surface area contributed by atoms with Gasteiger partial charge in [0.1, 0.15) is 16.7 Å². The molecular weight excluding hydrogens is 695 g/mol. The Balaban J connectivity index is 0.984. The van der Waals surface area contributed by atoms with Crippen molar-refractivity contribution in [1.82, 2.24) is 14.4 Å². The highest BCUT2D eigenvalue weighted by molar-refractivity contribution is 6.03. The molecule has 11 aromatic rings. The van der Waals surface area contributed by atoms with Crippen LogP contribution >= 0.6 is 0 Å². The van der Waals surface area contributed by atoms with Crippen LogP contribution in [0.25, 0.3) is 83.1 Å². The van der Waals surface area contributed by atoms with Crippen molar-refractivity contribution in [2.75, 3.05) is 0 Å². The van der Waals surface area contributed by atoms with Gasteiger partial charge in [0.15, 0.2) is 0 Å². The lowest BCUT2D eigenvalue weighted by molar-refractivity contribution is 0.649. The van der Waals surface area contributed by atoms with E-state index in [-0.39, 0.29) is 0 Å². The first-order chi connectivity index (χ1) is 28.2. The van der Waals surface area contributed by atoms with Gasteiger partial charge in [0.05, 0.1) is 5.41 Å². The normalized spacial score (nSPS) is 13.1. The Hall–Kier alpha value is -7.56. The van der Waals surface area contributed by atoms with Crippen LogP contribution in [0.4, 0.5) is 0 Å². The second kappa shape index (κ2) is 12.2. The van der Waals surface area contributed by atoms with Gasteiger partial charge in [-0.1, -0.05) is 127 Å². The molecule has 0 saturated heterocycles. The first kappa shape index (κ1) is 31.8. The molecule has 57 heavy (non-hydrogen) atoms. The second-order valence-corrected chi connectivity index (χ2v) is 15.0. The molecule has 0 unspecified atom stereocenters. The molecule has 1 aliphatic carbocycles. The molecule has 0 N–H and O–H groups in total. The summed E-state index contributed by atoms with van der Waals surface area (Å²) in [5.41, 5.74) is 17.4. The van der Waals surface area contributed by atoms with Gasteiger partial charge < -0.3 is 4.42 Å². The molecule has 4 aromatic heterocycles. The lowest BCUT2D eigenvalue weighted by atomic mass is 9.67. The maximum absolute atomic E-state index is 6.25. The van der Waals surface area contributed by atoms with Crippen molar-refractivity contribution in [1.29, 1.82) is 0 Å². The van der Waals surface area contributed by atoms with Crippen LogP contribution in [0.5, 0.6) is 0 Å². The van der Waals surface area contributed by atoms with Crippen LogP contribution in [0, 0.1) is 0 Å². The summed E-state index contributed by atoms with van der Waals surface area (Å²) in [4.78, 5) is 9.34. The van der Waals surface area contributed by atoms with Crippen molar-refractivity contribution in [3.63, 3.8) is 0 Å². The topological polar surface area (TPSA) is 43.3 Å². The Morgan fingerprint density at radius 1 is 0.474 bits per heavy atom. The highest BCUT2D eigenvalue weighted by atomic mass is 16.3. The molecule has 0 fully saturated rings. The zero-order valence-corrected chi connectivity index (χ0v) is 30.8. The van der Waals surface area contributed by atoms with Crippen molar-refractivity contribution in [3.8, 4) is 44.5 Å². The molecule has 7 aromatic carbocycles. The smallest absolute Gasteiger partial charge is 0.232 e. The van der Waals surface area contributed by atoms with Crippen LogP contribution in [-0.4, -0.2) is 14.4 Å². The van der Waals surface area contributed by atoms with Gasteiger partial charge in [0, 0.05) is 24.0 Å². The Kier molecular flexibility index (Phi) is 6.81. The number of fused-ring (bicyclic) bond motifs is 9. The van der Waals surface area contributed by atoms with Crippen molar-refractivity contribution in [2.45, 2.75) is 5.41 Å². The largest absolute Gasteiger partial charge is 0.437 e. The SMILES string of the molecule is c1ccc(C2(c3ccccc3)c3cc(-c4cccnc4)ccc3-c3ccc(-c4ccc5cc(-c6ccc7nc8c9ccccc9oc8n7c6)ccc5c4)cc32)cc1. The molecule has 0 saturated carbocycles. The summed E-state index contributed by atoms with van der Waals surface area (Å²) in [5, 5.41) is 3.42. The zero-order chi connectivity index (χ0) is 37.5. The van der Waals surface area contributed by atoms with Crippen LogP contribution in [0.1, 0.15) is 22.3 Å². The molecule has 12 rings (SSSR count). The third-order valence-corrected chi connectivity index (χ3v) is 12.0. The van der Waals surface area contributed by atoms with Crippen LogP contribution < -0.4 is 0 Å². The number of nitrogens with zero attached hydrogens (tertiary/aromatic N) is 3. The third-order valence-electron chi connectivity index (χ3n) is 12.0. The van der Waals surface area contributed by atoms with Gasteiger partial charge >= 0.3 is 0 Å². The second-order valence-electron chi connectivity index (χ2n) is 15.0. The fourth-order valence-electron chi connectivity index (χ4n) is 9.31. The number of imidazole rings is 1. The summed E-state index contributed by atoms with van der Waals surface area (Å²) in [5.74, 6) is 0. The molecule has 0 amide bonds. The fraction of sp³-hybridized carbons (Fsp3) is 0.0189. The van der Waals surface area contributed by atoms with Crippen molar-refractivity contribution < 1.29 is 4.42 Å². The van der Waals surface area contributed by atoms with E-state index in [2.05, 4.69) is 173 Å². The quantitative estimate of drug-likeness (QED) is 0.177. The number of furan rings is 1. The highest BCUT2D eigenvalue weighted by Crippen LogP contribution is 2.57. The minimum Gasteiger partial charge on any atom is -0.437 e. The van der Waals surface area contributed by atoms with E-state index < -0.39 is 5.41 Å². The van der Waals surface area contributed by atoms with E-state index in [9.17, 15) is 0 Å². The molecule has 0 radical (unpaired) electrons. The molecule has 0 bridgehead atoms. The molecule has 266 valence electrons. The standard InChI is InChI=1S/C53H33N3O/c1-3-11-42(12-4-1)53(43-13-5-2-6-14-43)47-30-38(21-24-44(47)45-25-22-39(31-48(45)53)40-10-9-27-54-32-40)36-18-17-35-29-37(20-19-34(35)28-36)41-23-26-50-55-51-46-15-7-8-16-49(46)57-52(51)56(50)33-41/h1-33H. The molecule has 4 heteroatoms. The van der Waals surface area contributed by atoms with Gasteiger partial charge in [-0.3, -0.25) is 9.38 Å². The van der Waals surface area contributed by atoms with Crippen LogP contribution in [0.15, 0.2) is 205 Å². The highest BCUT2D eigenvalue weighted by Gasteiger charge is 2.46. The number of benzene rings is 7. The Morgan fingerprint density at radius 2 is 1.05 bits per heavy atom. The van der Waals surface area contributed by atoms with Crippen LogP contribution in [-0.2, 0) is 5.41 Å². The summed E-state index contributed by atoms with van der Waals surface area (Å²) in [7, 11) is 0. The van der Waals surface area contributed by atoms with Gasteiger partial charge in [-0.15, -0.1) is 0 Å². The van der Waals surface area contributed by atoms with E-state index in [0.29, 0.717) is 0 Å². The Morgan fingerprint density at radius 3 is 1.72 bits per heavy atom. The Bertz CT molecular complexity index is 3310. The molecule has 1 aliphatic rings. The van der Waals surface area contributed by atoms with Gasteiger partial charge in [-0.05, 0) is 132 Å². The van der Waals surface area contributed by atoms with Crippen LogP contribution in [0.2, 0.25) is 0 Å². The molecule has 0 atom stereocenters. The first-order valence-corrected chi connectivity index (χ1v) is 19.4. The summed E-state index contributed by atoms with van der Waals surface area (Å²) in [6.07, 6.45) is 5.92. The van der Waals surface area contributed by atoms with E-state index in [1.165, 1.54) is 55.3 Å². The fourth-order valence-corrected chi connectivity index (χ4v) is 9.31. The number of hydrogen-bond donors (Lipinski definition) is 0. The van der Waals surface area contributed by atoms with Gasteiger partial charge in [-0.25, -0.2) is 4.98 Å². The maximum atomic E-state index is 6.25. The average molecular weight is 728 g/mol. The average Bonchev–Trinajstić information content (AvgIpc) is 3.93. The van der Waals surface area contributed by atoms with Gasteiger partial charge in [-0.2, -0.15) is 0 Å². The van der Waals surface area contributed by atoms with Gasteiger partial charge in [0.2, 0.25) is 5.71 Å². The minimum atomic E-state index is -0.516. The molecule has 4 nitrogen and oxygen atoms in total. The monoisotopic (exact) mass is 727 g/mol. The van der Waals surface area contributed by atoms with Crippen molar-refractivity contribution >= 4 is 38.6 Å². The number of hydrogen-bond acceptors (Lipinski definition) is 3. The van der Waals surface area contributed by atoms with E-state index in [0.717, 1.165) is 50.1 Å². The number of rotatable bonds is 5. The van der Waals surface area contributed by atoms with Crippen LogP contribution in [0.3, 0.4) is 0 Å². The summed E-state index contributed by atoms with van der Waals surface area (Å²) in [6, 6.07) is 66.0. The lowest BCUT2D eigenvalue weighted by Gasteiger charge is -2.34. The van der Waals surface area contributed by atoms with E-state index in [1.807, 2.05) is 36.7 Å². The van der Waals surface area contributed by atoms with Gasteiger partial charge in [0.25, 0.3) is 0 Å². The summed E-state index contributed by atoms with van der Waals surface area (Å²) >= 11 is 0. The number of para-hydroxylation sites is 1. The number of pyridine rings is 2. The minimum absolute atomic E-state index is 0.516. The predicted molar refractivity (Wildman–Crippen MR) is 231 cm³/mol. The summed E-state index contributed by atoms with van der Waals surface area (Å²) in [6.45, 7) is 0. The van der Waals surface area contributed by atoms with Crippen molar-refractivity contribution in [2.24, 2.45) is 0 Å². The Labute approximate surface area is 329 Å². The molecule has 0 spiro atoms. The third kappa shape index (κ3) is 4.74. The molecule has 4 heterocycles. The van der Waals surface area contributed by atoms with E-state index >= 15 is 0 Å². The molecule has 0 aliphatic heterocycles. The zero-order valence-electron chi connectivity index (χ0n) is 30.8.